The van der Waals surface area contributed by atoms with Crippen LogP contribution in [0.1, 0.15) is 23.5 Å². The zero-order valence-electron chi connectivity index (χ0n) is 12.4. The molecule has 2 heterocycles. The fraction of sp³-hybridized carbons (Fsp3) is 0.235. The van der Waals surface area contributed by atoms with E-state index in [0.29, 0.717) is 25.3 Å². The molecule has 0 aliphatic rings. The molecule has 0 fully saturated rings. The maximum atomic E-state index is 12.3. The van der Waals surface area contributed by atoms with Crippen molar-refractivity contribution in [2.75, 3.05) is 6.54 Å². The Morgan fingerprint density at radius 2 is 2.32 bits per heavy atom. The Morgan fingerprint density at radius 3 is 2.95 bits per heavy atom. The highest BCUT2D eigenvalue weighted by atomic mass is 16.3. The summed E-state index contributed by atoms with van der Waals surface area (Å²) in [6.07, 6.45) is 6.79. The van der Waals surface area contributed by atoms with Gasteiger partial charge in [0.05, 0.1) is 12.5 Å². The van der Waals surface area contributed by atoms with Crippen molar-refractivity contribution < 1.29 is 9.21 Å². The Morgan fingerprint density at radius 1 is 1.45 bits per heavy atom. The largest absolute Gasteiger partial charge is 0.462 e. The Balaban J connectivity index is 2.05. The minimum atomic E-state index is -0.159. The van der Waals surface area contributed by atoms with Gasteiger partial charge >= 0.3 is 0 Å². The van der Waals surface area contributed by atoms with Gasteiger partial charge in [-0.05, 0) is 36.8 Å². The van der Waals surface area contributed by atoms with Gasteiger partial charge in [-0.25, -0.2) is 0 Å². The molecule has 112 valence electrons. The van der Waals surface area contributed by atoms with E-state index in [4.69, 9.17) is 9.68 Å². The first-order valence-electron chi connectivity index (χ1n) is 6.98. The van der Waals surface area contributed by atoms with E-state index < -0.39 is 0 Å². The number of aromatic nitrogens is 1. The van der Waals surface area contributed by atoms with Crippen LogP contribution in [-0.2, 0) is 11.3 Å². The van der Waals surface area contributed by atoms with Gasteiger partial charge in [-0.15, -0.1) is 0 Å². The van der Waals surface area contributed by atoms with E-state index in [1.165, 1.54) is 6.08 Å². The lowest BCUT2D eigenvalue weighted by Crippen LogP contribution is -2.29. The van der Waals surface area contributed by atoms with Crippen LogP contribution in [0.2, 0.25) is 0 Å². The molecule has 22 heavy (non-hydrogen) atoms. The Bertz CT molecular complexity index is 683. The lowest BCUT2D eigenvalue weighted by molar-refractivity contribution is -0.126. The fourth-order valence-electron chi connectivity index (χ4n) is 1.97. The van der Waals surface area contributed by atoms with E-state index >= 15 is 0 Å². The second-order valence-corrected chi connectivity index (χ2v) is 4.81. The Hall–Kier alpha value is -2.87. The van der Waals surface area contributed by atoms with Crippen molar-refractivity contribution in [3.63, 3.8) is 0 Å². The number of aryl methyl sites for hydroxylation is 1. The second-order valence-electron chi connectivity index (χ2n) is 4.81. The van der Waals surface area contributed by atoms with Crippen molar-refractivity contribution in [2.24, 2.45) is 0 Å². The average Bonchev–Trinajstić information content (AvgIpc) is 2.95. The lowest BCUT2D eigenvalue weighted by atomic mass is 10.2. The van der Waals surface area contributed by atoms with Crippen LogP contribution in [0, 0.1) is 18.3 Å². The van der Waals surface area contributed by atoms with E-state index in [9.17, 15) is 4.79 Å². The molecule has 2 aromatic heterocycles. The second kappa shape index (κ2) is 7.79. The van der Waals surface area contributed by atoms with Gasteiger partial charge < -0.3 is 9.32 Å². The van der Waals surface area contributed by atoms with Gasteiger partial charge in [-0.3, -0.25) is 9.78 Å². The summed E-state index contributed by atoms with van der Waals surface area (Å²) in [6, 6.07) is 9.43. The molecule has 2 aromatic rings. The first-order valence-corrected chi connectivity index (χ1v) is 6.98. The molecule has 5 heteroatoms. The van der Waals surface area contributed by atoms with Crippen LogP contribution < -0.4 is 0 Å². The van der Waals surface area contributed by atoms with Gasteiger partial charge in [0.15, 0.2) is 0 Å². The average molecular weight is 295 g/mol. The summed E-state index contributed by atoms with van der Waals surface area (Å²) in [5.41, 5.74) is 0.927. The molecule has 0 aromatic carbocycles. The molecule has 0 spiro atoms. The quantitative estimate of drug-likeness (QED) is 0.768. The van der Waals surface area contributed by atoms with Crippen LogP contribution in [0.4, 0.5) is 0 Å². The number of carbonyl (C=O) groups excluding carboxylic acids is 1. The third-order valence-electron chi connectivity index (χ3n) is 3.05. The summed E-state index contributed by atoms with van der Waals surface area (Å²) in [4.78, 5) is 18.0. The number of hydrogen-bond acceptors (Lipinski definition) is 4. The van der Waals surface area contributed by atoms with Crippen molar-refractivity contribution in [3.05, 3.63) is 59.8 Å². The predicted molar refractivity (Wildman–Crippen MR) is 82.4 cm³/mol. The molecular formula is C17H17N3O2. The zero-order chi connectivity index (χ0) is 15.8. The van der Waals surface area contributed by atoms with Crippen molar-refractivity contribution >= 4 is 12.0 Å². The predicted octanol–water partition coefficient (Wildman–Crippen LogP) is 2.94. The molecule has 0 unspecified atom stereocenters. The van der Waals surface area contributed by atoms with Crippen LogP contribution in [0.15, 0.2) is 47.2 Å². The van der Waals surface area contributed by atoms with E-state index in [-0.39, 0.29) is 5.91 Å². The van der Waals surface area contributed by atoms with Crippen LogP contribution in [-0.4, -0.2) is 22.3 Å². The highest BCUT2D eigenvalue weighted by Crippen LogP contribution is 2.10. The number of furan rings is 1. The van der Waals surface area contributed by atoms with Crippen LogP contribution in [0.5, 0.6) is 0 Å². The lowest BCUT2D eigenvalue weighted by Gasteiger charge is -2.19. The summed E-state index contributed by atoms with van der Waals surface area (Å²) in [5.74, 6) is 1.27. The van der Waals surface area contributed by atoms with E-state index in [1.807, 2.05) is 25.1 Å². The highest BCUT2D eigenvalue weighted by molar-refractivity contribution is 5.91. The molecule has 0 radical (unpaired) electrons. The molecule has 0 aliphatic carbocycles. The first-order chi connectivity index (χ1) is 10.7. The maximum absolute atomic E-state index is 12.3. The molecule has 0 aliphatic heterocycles. The smallest absolute Gasteiger partial charge is 0.247 e. The van der Waals surface area contributed by atoms with Gasteiger partial charge in [-0.1, -0.05) is 6.07 Å². The zero-order valence-corrected chi connectivity index (χ0v) is 12.4. The molecule has 0 saturated carbocycles. The number of rotatable bonds is 6. The molecule has 2 rings (SSSR count). The SMILES string of the molecule is Cc1ccc(/C=C/C(=O)N(CCC#N)Cc2cccnc2)o1. The van der Waals surface area contributed by atoms with Crippen LogP contribution in [0.3, 0.4) is 0 Å². The van der Waals surface area contributed by atoms with Crippen molar-refractivity contribution in [2.45, 2.75) is 19.9 Å². The summed E-state index contributed by atoms with van der Waals surface area (Å²) in [5, 5.41) is 8.74. The van der Waals surface area contributed by atoms with Gasteiger partial charge in [0.2, 0.25) is 5.91 Å². The Kier molecular flexibility index (Phi) is 5.50. The summed E-state index contributed by atoms with van der Waals surface area (Å²) >= 11 is 0. The monoisotopic (exact) mass is 295 g/mol. The normalized spacial score (nSPS) is 10.5. The molecule has 0 N–H and O–H groups in total. The molecule has 5 nitrogen and oxygen atoms in total. The Labute approximate surface area is 129 Å². The summed E-state index contributed by atoms with van der Waals surface area (Å²) in [7, 11) is 0. The van der Waals surface area contributed by atoms with Crippen LogP contribution in [0.25, 0.3) is 6.08 Å². The topological polar surface area (TPSA) is 70.1 Å². The molecule has 0 saturated heterocycles. The number of nitriles is 1. The molecule has 1 amide bonds. The number of pyridine rings is 1. The van der Waals surface area contributed by atoms with E-state index in [0.717, 1.165) is 11.3 Å². The van der Waals surface area contributed by atoms with Gasteiger partial charge in [0.1, 0.15) is 11.5 Å². The van der Waals surface area contributed by atoms with Gasteiger partial charge in [0.25, 0.3) is 0 Å². The number of amides is 1. The highest BCUT2D eigenvalue weighted by Gasteiger charge is 2.11. The number of hydrogen-bond donors (Lipinski definition) is 0. The van der Waals surface area contributed by atoms with Crippen molar-refractivity contribution in [3.8, 4) is 6.07 Å². The minimum absolute atomic E-state index is 0.159. The van der Waals surface area contributed by atoms with Gasteiger partial charge in [0, 0.05) is 31.6 Å². The molecular weight excluding hydrogens is 278 g/mol. The van der Waals surface area contributed by atoms with Crippen LogP contribution >= 0.6 is 0 Å². The molecule has 0 atom stereocenters. The fourth-order valence-corrected chi connectivity index (χ4v) is 1.97. The third-order valence-corrected chi connectivity index (χ3v) is 3.05. The molecule has 0 bridgehead atoms. The summed E-state index contributed by atoms with van der Waals surface area (Å²) < 4.78 is 5.39. The third kappa shape index (κ3) is 4.60. The van der Waals surface area contributed by atoms with Crippen molar-refractivity contribution in [1.29, 1.82) is 5.26 Å². The number of nitrogens with zero attached hydrogens (tertiary/aromatic N) is 3. The maximum Gasteiger partial charge on any atom is 0.247 e. The first kappa shape index (κ1) is 15.5. The number of carbonyl (C=O) groups is 1. The van der Waals surface area contributed by atoms with E-state index in [1.54, 1.807) is 29.4 Å². The van der Waals surface area contributed by atoms with E-state index in [2.05, 4.69) is 11.1 Å². The van der Waals surface area contributed by atoms with Crippen molar-refractivity contribution in [1.82, 2.24) is 9.88 Å². The van der Waals surface area contributed by atoms with Gasteiger partial charge in [-0.2, -0.15) is 5.26 Å². The standard InChI is InChI=1S/C17H17N3O2/c1-14-5-6-16(22-14)7-8-17(21)20(11-3-9-18)13-15-4-2-10-19-12-15/h2,4-8,10,12H,3,11,13H2,1H3/b8-7+. The minimum Gasteiger partial charge on any atom is -0.462 e. The summed E-state index contributed by atoms with van der Waals surface area (Å²) in [6.45, 7) is 2.66.